The summed E-state index contributed by atoms with van der Waals surface area (Å²) >= 11 is 0. The standard InChI is InChI=1S/C15H22N2O6/c1-22-11-6-10(7-12(8-11)23-2)13(18)9-17-15(21)16-5-3-4-14(19)20/h6-8,13,18H,3-5,9H2,1-2H3,(H,19,20)(H2,16,17,21). The van der Waals surface area contributed by atoms with E-state index in [1.807, 2.05) is 0 Å². The molecule has 0 bridgehead atoms. The number of urea groups is 1. The Balaban J connectivity index is 2.45. The Kier molecular flexibility index (Phi) is 7.69. The highest BCUT2D eigenvalue weighted by Crippen LogP contribution is 2.26. The van der Waals surface area contributed by atoms with Crippen molar-refractivity contribution in [2.45, 2.75) is 18.9 Å². The van der Waals surface area contributed by atoms with E-state index in [0.29, 0.717) is 23.5 Å². The number of ether oxygens (including phenoxy) is 2. The summed E-state index contributed by atoms with van der Waals surface area (Å²) in [6.45, 7) is 0.252. The number of aliphatic carboxylic acids is 1. The fourth-order valence-electron chi connectivity index (χ4n) is 1.83. The Morgan fingerprint density at radius 3 is 2.26 bits per heavy atom. The largest absolute Gasteiger partial charge is 0.497 e. The van der Waals surface area contributed by atoms with Gasteiger partial charge in [-0.1, -0.05) is 0 Å². The molecule has 128 valence electrons. The zero-order valence-corrected chi connectivity index (χ0v) is 13.2. The van der Waals surface area contributed by atoms with Crippen molar-refractivity contribution in [2.24, 2.45) is 0 Å². The number of aliphatic hydroxyl groups excluding tert-OH is 1. The lowest BCUT2D eigenvalue weighted by molar-refractivity contribution is -0.137. The Hall–Kier alpha value is -2.48. The average Bonchev–Trinajstić information content (AvgIpc) is 2.55. The van der Waals surface area contributed by atoms with Crippen LogP contribution in [0.25, 0.3) is 0 Å². The van der Waals surface area contributed by atoms with Crippen molar-refractivity contribution in [3.63, 3.8) is 0 Å². The average molecular weight is 326 g/mol. The van der Waals surface area contributed by atoms with Crippen LogP contribution < -0.4 is 20.1 Å². The number of carboxylic acid groups (broad SMARTS) is 1. The Morgan fingerprint density at radius 2 is 1.74 bits per heavy atom. The summed E-state index contributed by atoms with van der Waals surface area (Å²) in [6, 6.07) is 4.52. The SMILES string of the molecule is COc1cc(OC)cc(C(O)CNC(=O)NCCCC(=O)O)c1. The van der Waals surface area contributed by atoms with Gasteiger partial charge in [-0.05, 0) is 24.1 Å². The number of benzene rings is 1. The van der Waals surface area contributed by atoms with Crippen LogP contribution >= 0.6 is 0 Å². The number of rotatable bonds is 9. The van der Waals surface area contributed by atoms with Gasteiger partial charge in [-0.15, -0.1) is 0 Å². The van der Waals surface area contributed by atoms with Crippen LogP contribution in [-0.2, 0) is 4.79 Å². The van der Waals surface area contributed by atoms with Gasteiger partial charge in [0.15, 0.2) is 0 Å². The maximum atomic E-state index is 11.5. The molecule has 0 aromatic heterocycles. The van der Waals surface area contributed by atoms with Gasteiger partial charge in [0, 0.05) is 25.6 Å². The molecular weight excluding hydrogens is 304 g/mol. The second-order valence-corrected chi connectivity index (χ2v) is 4.80. The molecule has 0 saturated carbocycles. The van der Waals surface area contributed by atoms with Gasteiger partial charge in [0.25, 0.3) is 0 Å². The molecule has 0 aliphatic rings. The van der Waals surface area contributed by atoms with E-state index < -0.39 is 18.1 Å². The highest BCUT2D eigenvalue weighted by Gasteiger charge is 2.12. The van der Waals surface area contributed by atoms with Crippen molar-refractivity contribution >= 4 is 12.0 Å². The first-order chi connectivity index (χ1) is 11.0. The van der Waals surface area contributed by atoms with Gasteiger partial charge < -0.3 is 30.3 Å². The minimum atomic E-state index is -0.927. The number of amides is 2. The van der Waals surface area contributed by atoms with E-state index in [0.717, 1.165) is 0 Å². The quantitative estimate of drug-likeness (QED) is 0.501. The first kappa shape index (κ1) is 18.6. The normalized spacial score (nSPS) is 11.4. The summed E-state index contributed by atoms with van der Waals surface area (Å²) in [5.74, 6) is 0.169. The van der Waals surface area contributed by atoms with Gasteiger partial charge in [-0.3, -0.25) is 4.79 Å². The first-order valence-electron chi connectivity index (χ1n) is 7.10. The van der Waals surface area contributed by atoms with Gasteiger partial charge in [0.05, 0.1) is 20.3 Å². The Labute approximate surface area is 134 Å². The van der Waals surface area contributed by atoms with E-state index in [9.17, 15) is 14.7 Å². The zero-order chi connectivity index (χ0) is 17.2. The molecular formula is C15H22N2O6. The van der Waals surface area contributed by atoms with E-state index >= 15 is 0 Å². The van der Waals surface area contributed by atoms with Gasteiger partial charge in [-0.25, -0.2) is 4.79 Å². The summed E-state index contributed by atoms with van der Waals surface area (Å²) in [5.41, 5.74) is 0.548. The predicted molar refractivity (Wildman–Crippen MR) is 82.8 cm³/mol. The summed E-state index contributed by atoms with van der Waals surface area (Å²) < 4.78 is 10.2. The molecule has 1 rings (SSSR count). The summed E-state index contributed by atoms with van der Waals surface area (Å²) in [6.07, 6.45) is -0.589. The zero-order valence-electron chi connectivity index (χ0n) is 13.2. The van der Waals surface area contributed by atoms with Crippen LogP contribution in [0.5, 0.6) is 11.5 Å². The molecule has 0 fully saturated rings. The van der Waals surface area contributed by atoms with Crippen molar-refractivity contribution in [3.8, 4) is 11.5 Å². The lowest BCUT2D eigenvalue weighted by Gasteiger charge is -2.15. The Bertz CT molecular complexity index is 512. The van der Waals surface area contributed by atoms with Crippen molar-refractivity contribution < 1.29 is 29.3 Å². The lowest BCUT2D eigenvalue weighted by atomic mass is 10.1. The molecule has 23 heavy (non-hydrogen) atoms. The van der Waals surface area contributed by atoms with Crippen LogP contribution in [0, 0.1) is 0 Å². The summed E-state index contributed by atoms with van der Waals surface area (Å²) in [5, 5.41) is 23.6. The monoisotopic (exact) mass is 326 g/mol. The molecule has 0 aliphatic heterocycles. The maximum absolute atomic E-state index is 11.5. The molecule has 0 spiro atoms. The topological polar surface area (TPSA) is 117 Å². The molecule has 0 aliphatic carbocycles. The van der Waals surface area contributed by atoms with Crippen molar-refractivity contribution in [3.05, 3.63) is 23.8 Å². The van der Waals surface area contributed by atoms with Crippen LogP contribution in [-0.4, -0.2) is 49.5 Å². The second kappa shape index (κ2) is 9.52. The molecule has 1 aromatic carbocycles. The summed E-state index contributed by atoms with van der Waals surface area (Å²) in [7, 11) is 3.02. The molecule has 1 atom stereocenters. The first-order valence-corrected chi connectivity index (χ1v) is 7.10. The third-order valence-electron chi connectivity index (χ3n) is 3.07. The molecule has 0 radical (unpaired) electrons. The maximum Gasteiger partial charge on any atom is 0.314 e. The van der Waals surface area contributed by atoms with Crippen LogP contribution in [0.1, 0.15) is 24.5 Å². The van der Waals surface area contributed by atoms with Gasteiger partial charge in [0.2, 0.25) is 0 Å². The second-order valence-electron chi connectivity index (χ2n) is 4.80. The number of hydrogen-bond acceptors (Lipinski definition) is 5. The van der Waals surface area contributed by atoms with E-state index in [2.05, 4.69) is 10.6 Å². The number of aliphatic hydroxyl groups is 1. The molecule has 4 N–H and O–H groups in total. The highest BCUT2D eigenvalue weighted by molar-refractivity contribution is 5.74. The van der Waals surface area contributed by atoms with Crippen molar-refractivity contribution in [1.82, 2.24) is 10.6 Å². The minimum absolute atomic E-state index is 0.00108. The van der Waals surface area contributed by atoms with E-state index in [4.69, 9.17) is 14.6 Å². The molecule has 8 heteroatoms. The number of nitrogens with one attached hydrogen (secondary N) is 2. The van der Waals surface area contributed by atoms with Crippen molar-refractivity contribution in [2.75, 3.05) is 27.3 Å². The summed E-state index contributed by atoms with van der Waals surface area (Å²) in [4.78, 5) is 21.9. The minimum Gasteiger partial charge on any atom is -0.497 e. The van der Waals surface area contributed by atoms with E-state index in [1.54, 1.807) is 18.2 Å². The van der Waals surface area contributed by atoms with Gasteiger partial charge in [-0.2, -0.15) is 0 Å². The predicted octanol–water partition coefficient (Wildman–Crippen LogP) is 0.901. The lowest BCUT2D eigenvalue weighted by Crippen LogP contribution is -2.38. The number of hydrogen-bond donors (Lipinski definition) is 4. The third-order valence-corrected chi connectivity index (χ3v) is 3.07. The number of carboxylic acids is 1. The van der Waals surface area contributed by atoms with E-state index in [-0.39, 0.29) is 19.5 Å². The number of carbonyl (C=O) groups is 2. The Morgan fingerprint density at radius 1 is 1.13 bits per heavy atom. The van der Waals surface area contributed by atoms with E-state index in [1.165, 1.54) is 14.2 Å². The molecule has 1 aromatic rings. The van der Waals surface area contributed by atoms with Crippen molar-refractivity contribution in [1.29, 1.82) is 0 Å². The van der Waals surface area contributed by atoms with Crippen LogP contribution in [0.2, 0.25) is 0 Å². The van der Waals surface area contributed by atoms with Gasteiger partial charge in [0.1, 0.15) is 11.5 Å². The highest BCUT2D eigenvalue weighted by atomic mass is 16.5. The molecule has 8 nitrogen and oxygen atoms in total. The fraction of sp³-hybridized carbons (Fsp3) is 0.467. The molecule has 0 heterocycles. The molecule has 2 amide bonds. The van der Waals surface area contributed by atoms with Gasteiger partial charge >= 0.3 is 12.0 Å². The molecule has 0 saturated heterocycles. The van der Waals surface area contributed by atoms with Crippen LogP contribution in [0.3, 0.4) is 0 Å². The smallest absolute Gasteiger partial charge is 0.314 e. The number of carbonyl (C=O) groups excluding carboxylic acids is 1. The van der Waals surface area contributed by atoms with Crippen LogP contribution in [0.15, 0.2) is 18.2 Å². The number of methoxy groups -OCH3 is 2. The third kappa shape index (κ3) is 6.88. The molecule has 1 unspecified atom stereocenters. The van der Waals surface area contributed by atoms with Crippen LogP contribution in [0.4, 0.5) is 4.79 Å². The fourth-order valence-corrected chi connectivity index (χ4v) is 1.83.